The van der Waals surface area contributed by atoms with E-state index in [-0.39, 0.29) is 11.3 Å². The van der Waals surface area contributed by atoms with E-state index in [1.165, 1.54) is 13.0 Å². The van der Waals surface area contributed by atoms with Crippen LogP contribution in [0, 0.1) is 0 Å². The first-order valence-corrected chi connectivity index (χ1v) is 10.2. The van der Waals surface area contributed by atoms with E-state index >= 15 is 0 Å². The Morgan fingerprint density at radius 2 is 1.66 bits per heavy atom. The molecule has 1 N–H and O–H groups in total. The molecule has 162 valence electrons. The molecule has 0 spiro atoms. The zero-order valence-corrected chi connectivity index (χ0v) is 18.8. The van der Waals surface area contributed by atoms with Gasteiger partial charge in [-0.25, -0.2) is 9.37 Å². The number of hydrogen-bond acceptors (Lipinski definition) is 4. The number of carbonyl (C=O) groups excluding carboxylic acids is 1. The number of aromatic carboxylic acids is 1. The highest BCUT2D eigenvalue weighted by molar-refractivity contribution is 6.09. The Morgan fingerprint density at radius 1 is 0.938 bits per heavy atom. The van der Waals surface area contributed by atoms with Crippen molar-refractivity contribution in [1.29, 1.82) is 0 Å². The van der Waals surface area contributed by atoms with Crippen LogP contribution in [-0.2, 0) is 0 Å². The monoisotopic (exact) mass is 429 g/mol. The molecular formula is C26H25N2O4+. The molecule has 0 saturated heterocycles. The Kier molecular flexibility index (Phi) is 5.30. The van der Waals surface area contributed by atoms with Crippen LogP contribution in [0.15, 0.2) is 59.0 Å². The standard InChI is InChI=1S/C26H24N2O4/c1-15(29)16-6-9-19(22(12-16)26(30)31)25-20-10-7-17(27(2)3)13-23(20)32-24-14-18(28(4)5)8-11-21(24)25/h6-14H,1-5H3/p+1. The van der Waals surface area contributed by atoms with Crippen LogP contribution in [0.5, 0.6) is 0 Å². The Hall–Kier alpha value is -3.93. The quantitative estimate of drug-likeness (QED) is 0.299. The number of rotatable bonds is 4. The summed E-state index contributed by atoms with van der Waals surface area (Å²) in [7, 11) is 7.82. The van der Waals surface area contributed by atoms with Crippen molar-refractivity contribution in [2.75, 3.05) is 33.1 Å². The zero-order chi connectivity index (χ0) is 23.2. The van der Waals surface area contributed by atoms with Gasteiger partial charge in [0, 0.05) is 54.0 Å². The molecule has 1 heterocycles. The molecule has 0 fully saturated rings. The fourth-order valence-corrected chi connectivity index (χ4v) is 3.87. The Balaban J connectivity index is 2.17. The summed E-state index contributed by atoms with van der Waals surface area (Å²) in [4.78, 5) is 26.0. The molecule has 4 rings (SSSR count). The summed E-state index contributed by atoms with van der Waals surface area (Å²) in [6, 6.07) is 16.6. The number of benzene rings is 3. The van der Waals surface area contributed by atoms with Crippen LogP contribution < -0.4 is 14.8 Å². The molecule has 6 heteroatoms. The van der Waals surface area contributed by atoms with Crippen LogP contribution >= 0.6 is 0 Å². The van der Waals surface area contributed by atoms with E-state index < -0.39 is 5.97 Å². The molecule has 1 aliphatic carbocycles. The van der Waals surface area contributed by atoms with Gasteiger partial charge in [-0.05, 0) is 36.8 Å². The topological polar surface area (TPSA) is 73.8 Å². The highest BCUT2D eigenvalue weighted by atomic mass is 16.4. The van der Waals surface area contributed by atoms with Gasteiger partial charge in [0.05, 0.1) is 11.6 Å². The third kappa shape index (κ3) is 3.64. The fourth-order valence-electron chi connectivity index (χ4n) is 3.87. The molecule has 2 aliphatic rings. The predicted octanol–water partition coefficient (Wildman–Crippen LogP) is 4.20. The normalized spacial score (nSPS) is 11.0. The number of carbonyl (C=O) groups is 2. The number of anilines is 1. The summed E-state index contributed by atoms with van der Waals surface area (Å²) in [6.07, 6.45) is 0. The number of hydrogen-bond donors (Lipinski definition) is 1. The molecule has 2 aromatic carbocycles. The molecule has 0 atom stereocenters. The molecule has 6 nitrogen and oxygen atoms in total. The molecule has 0 saturated carbocycles. The number of carboxylic acid groups (broad SMARTS) is 1. The molecule has 32 heavy (non-hydrogen) atoms. The molecule has 0 bridgehead atoms. The Morgan fingerprint density at radius 3 is 2.28 bits per heavy atom. The van der Waals surface area contributed by atoms with E-state index in [1.54, 1.807) is 12.1 Å². The van der Waals surface area contributed by atoms with E-state index in [1.807, 2.05) is 74.1 Å². The Labute approximate surface area is 186 Å². The van der Waals surface area contributed by atoms with Gasteiger partial charge in [-0.3, -0.25) is 4.79 Å². The molecule has 0 amide bonds. The number of fused-ring (bicyclic) bond motifs is 2. The minimum atomic E-state index is -1.08. The van der Waals surface area contributed by atoms with Gasteiger partial charge in [-0.2, -0.15) is 0 Å². The second kappa shape index (κ2) is 7.96. The average molecular weight is 429 g/mol. The van der Waals surface area contributed by atoms with E-state index in [9.17, 15) is 14.7 Å². The fraction of sp³-hybridized carbons (Fsp3) is 0.192. The first-order chi connectivity index (χ1) is 15.2. The van der Waals surface area contributed by atoms with Crippen molar-refractivity contribution in [3.8, 4) is 22.5 Å². The number of Topliss-reactive ketones (excluding diaryl/α,β-unsaturated/α-hetero) is 1. The summed E-state index contributed by atoms with van der Waals surface area (Å²) in [5.74, 6) is -0.607. The molecule has 0 aromatic heterocycles. The molecule has 0 unspecified atom stereocenters. The van der Waals surface area contributed by atoms with Crippen molar-refractivity contribution < 1.29 is 19.1 Å². The van der Waals surface area contributed by atoms with Gasteiger partial charge in [0.15, 0.2) is 5.78 Å². The van der Waals surface area contributed by atoms with Gasteiger partial charge in [0.2, 0.25) is 5.36 Å². The Bertz CT molecular complexity index is 1430. The van der Waals surface area contributed by atoms with Gasteiger partial charge in [-0.1, -0.05) is 12.1 Å². The smallest absolute Gasteiger partial charge is 0.336 e. The van der Waals surface area contributed by atoms with E-state index in [4.69, 9.17) is 4.42 Å². The summed E-state index contributed by atoms with van der Waals surface area (Å²) >= 11 is 0. The SMILES string of the molecule is CC(=O)c1ccc(-c2c3ccc(=[N+](C)C)cc-3oc3cc(N(C)C)ccc23)c(C(=O)O)c1. The van der Waals surface area contributed by atoms with Crippen LogP contribution in [0.1, 0.15) is 27.6 Å². The lowest BCUT2D eigenvalue weighted by Crippen LogP contribution is -2.21. The van der Waals surface area contributed by atoms with E-state index in [0.717, 1.165) is 27.6 Å². The maximum atomic E-state index is 12.2. The third-order valence-electron chi connectivity index (χ3n) is 5.65. The second-order valence-electron chi connectivity index (χ2n) is 8.25. The lowest BCUT2D eigenvalue weighted by Gasteiger charge is -2.19. The number of carboxylic acids is 1. The maximum absolute atomic E-state index is 12.2. The van der Waals surface area contributed by atoms with Gasteiger partial charge < -0.3 is 14.4 Å². The molecule has 0 radical (unpaired) electrons. The number of nitrogens with zero attached hydrogens (tertiary/aromatic N) is 2. The van der Waals surface area contributed by atoms with Crippen molar-refractivity contribution in [2.24, 2.45) is 0 Å². The van der Waals surface area contributed by atoms with Crippen LogP contribution in [0.3, 0.4) is 0 Å². The first kappa shape index (κ1) is 21.3. The summed E-state index contributed by atoms with van der Waals surface area (Å²) in [6.45, 7) is 1.43. The molecular weight excluding hydrogens is 404 g/mol. The second-order valence-corrected chi connectivity index (χ2v) is 8.25. The lowest BCUT2D eigenvalue weighted by atomic mass is 9.89. The van der Waals surface area contributed by atoms with Gasteiger partial charge >= 0.3 is 5.97 Å². The third-order valence-corrected chi connectivity index (χ3v) is 5.65. The van der Waals surface area contributed by atoms with Crippen molar-refractivity contribution in [3.05, 3.63) is 71.1 Å². The van der Waals surface area contributed by atoms with Gasteiger partial charge in [0.25, 0.3) is 0 Å². The van der Waals surface area contributed by atoms with Crippen LogP contribution in [0.25, 0.3) is 33.4 Å². The zero-order valence-electron chi connectivity index (χ0n) is 18.8. The highest BCUT2D eigenvalue weighted by Gasteiger charge is 2.23. The van der Waals surface area contributed by atoms with Crippen LogP contribution in [-0.4, -0.2) is 45.0 Å². The van der Waals surface area contributed by atoms with Gasteiger partial charge in [-0.15, -0.1) is 0 Å². The summed E-state index contributed by atoms with van der Waals surface area (Å²) < 4.78 is 8.28. The summed E-state index contributed by atoms with van der Waals surface area (Å²) in [5, 5.41) is 11.7. The van der Waals surface area contributed by atoms with E-state index in [2.05, 4.69) is 0 Å². The largest absolute Gasteiger partial charge is 0.478 e. The average Bonchev–Trinajstić information content (AvgIpc) is 2.75. The van der Waals surface area contributed by atoms with Crippen molar-refractivity contribution >= 4 is 28.4 Å². The number of ketones is 1. The van der Waals surface area contributed by atoms with Gasteiger partial charge in [0.1, 0.15) is 25.4 Å². The van der Waals surface area contributed by atoms with Crippen LogP contribution in [0.4, 0.5) is 5.69 Å². The van der Waals surface area contributed by atoms with Crippen molar-refractivity contribution in [1.82, 2.24) is 4.58 Å². The lowest BCUT2D eigenvalue weighted by molar-refractivity contribution is 0.0697. The minimum absolute atomic E-state index is 0.0832. The predicted molar refractivity (Wildman–Crippen MR) is 127 cm³/mol. The van der Waals surface area contributed by atoms with Crippen LogP contribution in [0.2, 0.25) is 0 Å². The van der Waals surface area contributed by atoms with E-state index in [0.29, 0.717) is 22.5 Å². The first-order valence-electron chi connectivity index (χ1n) is 10.2. The minimum Gasteiger partial charge on any atom is -0.478 e. The van der Waals surface area contributed by atoms with Crippen molar-refractivity contribution in [3.63, 3.8) is 0 Å². The maximum Gasteiger partial charge on any atom is 0.336 e. The molecule has 1 aliphatic heterocycles. The van der Waals surface area contributed by atoms with Crippen molar-refractivity contribution in [2.45, 2.75) is 6.92 Å². The highest BCUT2D eigenvalue weighted by Crippen LogP contribution is 2.42. The summed E-state index contributed by atoms with van der Waals surface area (Å²) in [5.41, 5.74) is 4.19. The molecule has 2 aromatic rings.